The van der Waals surface area contributed by atoms with Gasteiger partial charge in [-0.2, -0.15) is 0 Å². The highest BCUT2D eigenvalue weighted by Gasteiger charge is 2.41. The first-order chi connectivity index (χ1) is 12.4. The van der Waals surface area contributed by atoms with Crippen LogP contribution in [-0.4, -0.2) is 28.8 Å². The number of carbonyl (C=O) groups excluding carboxylic acids is 2. The lowest BCUT2D eigenvalue weighted by atomic mass is 10.0. The molecule has 0 aliphatic carbocycles. The van der Waals surface area contributed by atoms with Crippen LogP contribution in [0.25, 0.3) is 10.9 Å². The zero-order chi connectivity index (χ0) is 18.5. The molecule has 132 valence electrons. The van der Waals surface area contributed by atoms with E-state index in [2.05, 4.69) is 4.98 Å². The Morgan fingerprint density at radius 1 is 1.23 bits per heavy atom. The van der Waals surface area contributed by atoms with Crippen LogP contribution in [0.1, 0.15) is 24.2 Å². The molecule has 0 saturated carbocycles. The Morgan fingerprint density at radius 2 is 2.00 bits per heavy atom. The topological polar surface area (TPSA) is 62.4 Å². The van der Waals surface area contributed by atoms with Gasteiger partial charge in [0.1, 0.15) is 5.75 Å². The molecule has 1 aliphatic heterocycles. The maximum Gasteiger partial charge on any atom is 0.271 e. The molecule has 0 bridgehead atoms. The molecule has 0 saturated heterocycles. The number of ketones is 1. The van der Waals surface area contributed by atoms with Crippen molar-refractivity contribution in [2.24, 2.45) is 0 Å². The number of nitrogens with zero attached hydrogens (tertiary/aromatic N) is 1. The third-order valence-electron chi connectivity index (χ3n) is 4.53. The molecule has 2 heterocycles. The number of hydrogen-bond acceptors (Lipinski definition) is 3. The molecule has 5 nitrogen and oxygen atoms in total. The van der Waals surface area contributed by atoms with Crippen LogP contribution >= 0.6 is 11.6 Å². The van der Waals surface area contributed by atoms with Crippen molar-refractivity contribution in [3.05, 3.63) is 59.2 Å². The van der Waals surface area contributed by atoms with Crippen LogP contribution < -0.4 is 9.64 Å². The van der Waals surface area contributed by atoms with Crippen LogP contribution in [0, 0.1) is 0 Å². The molecule has 0 atom stereocenters. The summed E-state index contributed by atoms with van der Waals surface area (Å²) < 4.78 is 5.79. The number of benzene rings is 2. The molecule has 2 aromatic carbocycles. The molecule has 3 aromatic rings. The molecule has 0 radical (unpaired) electrons. The quantitative estimate of drug-likeness (QED) is 0.704. The zero-order valence-electron chi connectivity index (χ0n) is 14.4. The number of Topliss-reactive ketones (excluding diaryl/α,β-unsaturated/α-hetero) is 1. The number of ether oxygens (including phenoxy) is 1. The highest BCUT2D eigenvalue weighted by molar-refractivity contribution is 6.31. The summed E-state index contributed by atoms with van der Waals surface area (Å²) in [5.41, 5.74) is 0.894. The Morgan fingerprint density at radius 3 is 2.81 bits per heavy atom. The van der Waals surface area contributed by atoms with E-state index in [4.69, 9.17) is 16.3 Å². The summed E-state index contributed by atoms with van der Waals surface area (Å²) >= 11 is 6.09. The van der Waals surface area contributed by atoms with Crippen molar-refractivity contribution < 1.29 is 14.3 Å². The molecular weight excluding hydrogens is 352 g/mol. The molecule has 1 amide bonds. The number of nitrogens with one attached hydrogen (secondary N) is 1. The number of rotatable bonds is 3. The molecule has 6 heteroatoms. The van der Waals surface area contributed by atoms with Gasteiger partial charge in [0.15, 0.2) is 11.4 Å². The van der Waals surface area contributed by atoms with Gasteiger partial charge in [0.05, 0.1) is 12.2 Å². The first kappa shape index (κ1) is 16.7. The minimum atomic E-state index is -1.05. The van der Waals surface area contributed by atoms with Crippen molar-refractivity contribution in [3.8, 4) is 5.75 Å². The summed E-state index contributed by atoms with van der Waals surface area (Å²) in [6.45, 7) is 3.30. The van der Waals surface area contributed by atoms with Crippen molar-refractivity contribution >= 4 is 39.9 Å². The molecule has 1 N–H and O–H groups in total. The van der Waals surface area contributed by atoms with E-state index in [0.717, 1.165) is 10.9 Å². The molecule has 4 rings (SSSR count). The predicted molar refractivity (Wildman–Crippen MR) is 101 cm³/mol. The third kappa shape index (κ3) is 2.65. The number of anilines is 1. The van der Waals surface area contributed by atoms with E-state index in [1.54, 1.807) is 38.2 Å². The first-order valence-corrected chi connectivity index (χ1v) is 8.64. The summed E-state index contributed by atoms with van der Waals surface area (Å²) in [5, 5.41) is 1.31. The van der Waals surface area contributed by atoms with Gasteiger partial charge in [0, 0.05) is 27.7 Å². The fourth-order valence-corrected chi connectivity index (χ4v) is 3.40. The van der Waals surface area contributed by atoms with Gasteiger partial charge in [-0.15, -0.1) is 0 Å². The standard InChI is InChI=1S/C20H17ClN2O3/c1-20(2)19(25)23(16-9-12(21)7-8-18(16)26-20)11-17(24)14-10-22-15-6-4-3-5-13(14)15/h3-10,22H,11H2,1-2H3. The molecular formula is C20H17ClN2O3. The zero-order valence-corrected chi connectivity index (χ0v) is 15.1. The van der Waals surface area contributed by atoms with Gasteiger partial charge in [0.25, 0.3) is 5.91 Å². The largest absolute Gasteiger partial charge is 0.476 e. The van der Waals surface area contributed by atoms with Crippen LogP contribution in [-0.2, 0) is 4.79 Å². The summed E-state index contributed by atoms with van der Waals surface area (Å²) in [5.74, 6) is 0.102. The Kier molecular flexibility index (Phi) is 3.77. The highest BCUT2D eigenvalue weighted by Crippen LogP contribution is 2.39. The molecule has 0 spiro atoms. The van der Waals surface area contributed by atoms with Crippen LogP contribution in [0.2, 0.25) is 5.02 Å². The van der Waals surface area contributed by atoms with E-state index in [1.165, 1.54) is 4.90 Å². The number of amides is 1. The number of para-hydroxylation sites is 1. The molecule has 0 fully saturated rings. The second-order valence-electron chi connectivity index (χ2n) is 6.79. The van der Waals surface area contributed by atoms with Crippen LogP contribution in [0.3, 0.4) is 0 Å². The van der Waals surface area contributed by atoms with Crippen molar-refractivity contribution in [1.82, 2.24) is 4.98 Å². The monoisotopic (exact) mass is 368 g/mol. The Labute approximate surface area is 155 Å². The SMILES string of the molecule is CC1(C)Oc2ccc(Cl)cc2N(CC(=O)c2c[nH]c3ccccc23)C1=O. The lowest BCUT2D eigenvalue weighted by Crippen LogP contribution is -2.53. The van der Waals surface area contributed by atoms with E-state index >= 15 is 0 Å². The first-order valence-electron chi connectivity index (χ1n) is 8.27. The van der Waals surface area contributed by atoms with Crippen molar-refractivity contribution in [2.45, 2.75) is 19.4 Å². The van der Waals surface area contributed by atoms with Gasteiger partial charge >= 0.3 is 0 Å². The fraction of sp³-hybridized carbons (Fsp3) is 0.200. The molecule has 1 aliphatic rings. The maximum atomic E-state index is 13.0. The third-order valence-corrected chi connectivity index (χ3v) is 4.76. The van der Waals surface area contributed by atoms with Gasteiger partial charge in [-0.1, -0.05) is 29.8 Å². The number of hydrogen-bond donors (Lipinski definition) is 1. The normalized spacial score (nSPS) is 15.7. The fourth-order valence-electron chi connectivity index (χ4n) is 3.23. The number of H-pyrrole nitrogens is 1. The van der Waals surface area contributed by atoms with Gasteiger partial charge in [-0.05, 0) is 38.1 Å². The van der Waals surface area contributed by atoms with E-state index in [1.807, 2.05) is 24.3 Å². The minimum Gasteiger partial charge on any atom is -0.476 e. The average molecular weight is 369 g/mol. The Hall–Kier alpha value is -2.79. The minimum absolute atomic E-state index is 0.0825. The molecule has 26 heavy (non-hydrogen) atoms. The van der Waals surface area contributed by atoms with Gasteiger partial charge in [-0.3, -0.25) is 14.5 Å². The van der Waals surface area contributed by atoms with Gasteiger partial charge in [-0.25, -0.2) is 0 Å². The molecule has 1 aromatic heterocycles. The van der Waals surface area contributed by atoms with Crippen molar-refractivity contribution in [1.29, 1.82) is 0 Å². The second-order valence-corrected chi connectivity index (χ2v) is 7.22. The average Bonchev–Trinajstić information content (AvgIpc) is 3.03. The second kappa shape index (κ2) is 5.88. The van der Waals surface area contributed by atoms with E-state index in [-0.39, 0.29) is 18.2 Å². The lowest BCUT2D eigenvalue weighted by molar-refractivity contribution is -0.132. The van der Waals surface area contributed by atoms with E-state index in [9.17, 15) is 9.59 Å². The van der Waals surface area contributed by atoms with Gasteiger partial charge in [0.2, 0.25) is 0 Å². The Bertz CT molecular complexity index is 1040. The highest BCUT2D eigenvalue weighted by atomic mass is 35.5. The molecule has 0 unspecified atom stereocenters. The van der Waals surface area contributed by atoms with Crippen LogP contribution in [0.4, 0.5) is 5.69 Å². The number of aromatic amines is 1. The summed E-state index contributed by atoms with van der Waals surface area (Å²) in [7, 11) is 0. The number of fused-ring (bicyclic) bond motifs is 2. The van der Waals surface area contributed by atoms with Crippen LogP contribution in [0.5, 0.6) is 5.75 Å². The van der Waals surface area contributed by atoms with Crippen molar-refractivity contribution in [2.75, 3.05) is 11.4 Å². The number of carbonyl (C=O) groups is 2. The van der Waals surface area contributed by atoms with Gasteiger partial charge < -0.3 is 9.72 Å². The summed E-state index contributed by atoms with van der Waals surface area (Å²) in [4.78, 5) is 30.4. The van der Waals surface area contributed by atoms with E-state index in [0.29, 0.717) is 22.0 Å². The maximum absolute atomic E-state index is 13.0. The summed E-state index contributed by atoms with van der Waals surface area (Å²) in [6.07, 6.45) is 1.68. The van der Waals surface area contributed by atoms with Crippen LogP contribution in [0.15, 0.2) is 48.7 Å². The van der Waals surface area contributed by atoms with E-state index < -0.39 is 5.60 Å². The predicted octanol–water partition coefficient (Wildman–Crippen LogP) is 4.21. The number of halogens is 1. The summed E-state index contributed by atoms with van der Waals surface area (Å²) in [6, 6.07) is 12.6. The van der Waals surface area contributed by atoms with Crippen molar-refractivity contribution in [3.63, 3.8) is 0 Å². The number of aromatic nitrogens is 1. The lowest BCUT2D eigenvalue weighted by Gasteiger charge is -2.38. The Balaban J connectivity index is 1.74. The smallest absolute Gasteiger partial charge is 0.271 e.